The Bertz CT molecular complexity index is 393. The van der Waals surface area contributed by atoms with E-state index in [9.17, 15) is 24.4 Å². The van der Waals surface area contributed by atoms with E-state index in [4.69, 9.17) is 23.2 Å². The summed E-state index contributed by atoms with van der Waals surface area (Å²) < 4.78 is -1.58. The summed E-state index contributed by atoms with van der Waals surface area (Å²) in [6, 6.07) is -1.37. The summed E-state index contributed by atoms with van der Waals surface area (Å²) in [6.07, 6.45) is -0.166. The first-order chi connectivity index (χ1) is 8.30. The normalized spacial score (nSPS) is 19.9. The number of carbonyl (C=O) groups is 4. The molecule has 0 aliphatic carbocycles. The molecule has 100 valence electrons. The largest absolute Gasteiger partial charge is 0.354 e. The van der Waals surface area contributed by atoms with Gasteiger partial charge in [-0.15, -0.1) is 0 Å². The first-order valence-electron chi connectivity index (χ1n) is 5.36. The number of halogens is 2. The van der Waals surface area contributed by atoms with E-state index < -0.39 is 33.0 Å². The van der Waals surface area contributed by atoms with Gasteiger partial charge in [-0.2, -0.15) is 0 Å². The Morgan fingerprint density at radius 3 is 2.11 bits per heavy atom. The van der Waals surface area contributed by atoms with Crippen molar-refractivity contribution in [3.8, 4) is 0 Å². The first-order valence-corrected chi connectivity index (χ1v) is 6.11. The van der Waals surface area contributed by atoms with E-state index in [1.807, 2.05) is 0 Å². The molecule has 0 spiro atoms. The fourth-order valence-corrected chi connectivity index (χ4v) is 2.31. The van der Waals surface area contributed by atoms with Crippen molar-refractivity contribution in [2.24, 2.45) is 0 Å². The summed E-state index contributed by atoms with van der Waals surface area (Å²) in [6.45, 7) is 0. The lowest BCUT2D eigenvalue weighted by Gasteiger charge is -2.26. The lowest BCUT2D eigenvalue weighted by Crippen LogP contribution is -2.58. The SMILES string of the molecule is O=C(Cl)CCCC(C(=O)Cl)[N+]1(O)C(=O)CCC1=O. The smallest absolute Gasteiger partial charge is 0.281 e. The third kappa shape index (κ3) is 2.95. The van der Waals surface area contributed by atoms with Gasteiger partial charge in [0, 0.05) is 12.8 Å². The van der Waals surface area contributed by atoms with Gasteiger partial charge in [-0.05, 0) is 34.3 Å². The van der Waals surface area contributed by atoms with Crippen LogP contribution in [0, 0.1) is 0 Å². The van der Waals surface area contributed by atoms with Crippen LogP contribution in [0.15, 0.2) is 0 Å². The van der Waals surface area contributed by atoms with E-state index in [1.54, 1.807) is 0 Å². The molecule has 1 unspecified atom stereocenters. The Balaban J connectivity index is 2.84. The van der Waals surface area contributed by atoms with Crippen molar-refractivity contribution in [3.63, 3.8) is 0 Å². The summed E-state index contributed by atoms with van der Waals surface area (Å²) >= 11 is 10.5. The van der Waals surface area contributed by atoms with E-state index in [-0.39, 0.29) is 32.1 Å². The molecular formula is C10H12Cl2NO5+. The molecule has 0 radical (unpaired) electrons. The molecule has 1 aliphatic rings. The average Bonchev–Trinajstić information content (AvgIpc) is 2.52. The number of hydrogen-bond acceptors (Lipinski definition) is 5. The molecule has 2 amide bonds. The van der Waals surface area contributed by atoms with Gasteiger partial charge in [-0.1, -0.05) is 0 Å². The standard InChI is InChI=1S/C10H12Cl2NO5/c11-7(14)3-1-2-6(10(12)17)13(18)8(15)4-5-9(13)16/h6,18H,1-5H2/q+1. The number of rotatable bonds is 6. The lowest BCUT2D eigenvalue weighted by atomic mass is 10.1. The number of likely N-dealkylation sites (tertiary alicyclic amines) is 1. The van der Waals surface area contributed by atoms with Crippen molar-refractivity contribution < 1.29 is 29.0 Å². The minimum atomic E-state index is -1.58. The summed E-state index contributed by atoms with van der Waals surface area (Å²) in [5.41, 5.74) is 0. The first kappa shape index (κ1) is 15.2. The predicted octanol–water partition coefficient (Wildman–Crippen LogP) is 1.11. The van der Waals surface area contributed by atoms with Crippen LogP contribution in [0.5, 0.6) is 0 Å². The minimum Gasteiger partial charge on any atom is -0.281 e. The quantitative estimate of drug-likeness (QED) is 0.343. The number of imide groups is 1. The minimum absolute atomic E-state index is 0.0232. The van der Waals surface area contributed by atoms with E-state index in [2.05, 4.69) is 0 Å². The molecular weight excluding hydrogens is 285 g/mol. The molecule has 1 saturated heterocycles. The van der Waals surface area contributed by atoms with Crippen LogP contribution in [0.1, 0.15) is 32.1 Å². The van der Waals surface area contributed by atoms with Gasteiger partial charge in [0.25, 0.3) is 5.24 Å². The monoisotopic (exact) mass is 296 g/mol. The number of carbonyl (C=O) groups excluding carboxylic acids is 4. The molecule has 18 heavy (non-hydrogen) atoms. The van der Waals surface area contributed by atoms with Gasteiger partial charge in [0.15, 0.2) is 0 Å². The maximum Gasteiger partial charge on any atom is 0.354 e. The van der Waals surface area contributed by atoms with Crippen LogP contribution < -0.4 is 0 Å². The van der Waals surface area contributed by atoms with Crippen LogP contribution in [-0.2, 0) is 19.2 Å². The molecule has 0 saturated carbocycles. The van der Waals surface area contributed by atoms with Gasteiger partial charge in [-0.3, -0.25) is 9.59 Å². The third-order valence-corrected chi connectivity index (χ3v) is 3.32. The van der Waals surface area contributed by atoms with Crippen LogP contribution in [-0.4, -0.2) is 38.2 Å². The summed E-state index contributed by atoms with van der Waals surface area (Å²) in [5, 5.41) is 8.46. The fourth-order valence-electron chi connectivity index (χ4n) is 1.92. The molecule has 1 aliphatic heterocycles. The van der Waals surface area contributed by atoms with Crippen molar-refractivity contribution >= 4 is 45.5 Å². The van der Waals surface area contributed by atoms with Gasteiger partial charge in [0.05, 0.1) is 12.8 Å². The second-order valence-corrected chi connectivity index (χ2v) is 4.83. The fraction of sp³-hybridized carbons (Fsp3) is 0.600. The Kier molecular flexibility index (Phi) is 4.98. The van der Waals surface area contributed by atoms with E-state index in [0.29, 0.717) is 0 Å². The summed E-state index contributed by atoms with van der Waals surface area (Å²) in [5.74, 6) is -1.51. The topological polar surface area (TPSA) is 88.5 Å². The van der Waals surface area contributed by atoms with Crippen molar-refractivity contribution in [1.29, 1.82) is 0 Å². The van der Waals surface area contributed by atoms with Crippen LogP contribution in [0.3, 0.4) is 0 Å². The van der Waals surface area contributed by atoms with Gasteiger partial charge in [-0.25, -0.2) is 14.8 Å². The number of quaternary nitrogens is 1. The Labute approximate surface area is 113 Å². The molecule has 0 aromatic heterocycles. The van der Waals surface area contributed by atoms with Crippen molar-refractivity contribution in [2.75, 3.05) is 0 Å². The molecule has 1 heterocycles. The highest BCUT2D eigenvalue weighted by Crippen LogP contribution is 2.28. The highest BCUT2D eigenvalue weighted by atomic mass is 35.5. The number of hydrogen-bond donors (Lipinski definition) is 1. The molecule has 1 fully saturated rings. The number of amides is 2. The second-order valence-electron chi connectivity index (χ2n) is 4.04. The van der Waals surface area contributed by atoms with Gasteiger partial charge in [0.2, 0.25) is 11.3 Å². The van der Waals surface area contributed by atoms with Crippen LogP contribution in [0.2, 0.25) is 0 Å². The average molecular weight is 297 g/mol. The molecule has 1 atom stereocenters. The van der Waals surface area contributed by atoms with Crippen LogP contribution in [0.4, 0.5) is 0 Å². The molecule has 8 heteroatoms. The molecule has 1 rings (SSSR count). The molecule has 0 aromatic carbocycles. The van der Waals surface area contributed by atoms with Gasteiger partial charge >= 0.3 is 11.8 Å². The predicted molar refractivity (Wildman–Crippen MR) is 60.7 cm³/mol. The van der Waals surface area contributed by atoms with Crippen molar-refractivity contribution in [2.45, 2.75) is 38.1 Å². The number of hydroxylamine groups is 3. The van der Waals surface area contributed by atoms with Gasteiger partial charge in [0.1, 0.15) is 0 Å². The zero-order valence-corrected chi connectivity index (χ0v) is 10.9. The maximum atomic E-state index is 11.5. The second kappa shape index (κ2) is 5.88. The van der Waals surface area contributed by atoms with Gasteiger partial charge < -0.3 is 0 Å². The van der Waals surface area contributed by atoms with Crippen LogP contribution in [0.25, 0.3) is 0 Å². The summed E-state index contributed by atoms with van der Waals surface area (Å²) in [7, 11) is 0. The molecule has 0 aromatic rings. The molecule has 0 bridgehead atoms. The Morgan fingerprint density at radius 1 is 1.22 bits per heavy atom. The van der Waals surface area contributed by atoms with E-state index in [1.165, 1.54) is 0 Å². The number of nitrogens with zero attached hydrogens (tertiary/aromatic N) is 1. The molecule has 6 nitrogen and oxygen atoms in total. The van der Waals surface area contributed by atoms with Crippen molar-refractivity contribution in [3.05, 3.63) is 0 Å². The van der Waals surface area contributed by atoms with E-state index in [0.717, 1.165) is 0 Å². The zero-order chi connectivity index (χ0) is 13.9. The Hall–Kier alpha value is -0.820. The maximum absolute atomic E-state index is 11.5. The summed E-state index contributed by atoms with van der Waals surface area (Å²) in [4.78, 5) is 44.9. The third-order valence-electron chi connectivity index (χ3n) is 2.88. The molecule has 1 N–H and O–H groups in total. The lowest BCUT2D eigenvalue weighted by molar-refractivity contribution is -0.983. The highest BCUT2D eigenvalue weighted by Gasteiger charge is 2.57. The highest BCUT2D eigenvalue weighted by molar-refractivity contribution is 6.64. The van der Waals surface area contributed by atoms with E-state index >= 15 is 0 Å². The Morgan fingerprint density at radius 2 is 1.72 bits per heavy atom. The van der Waals surface area contributed by atoms with Crippen LogP contribution >= 0.6 is 23.2 Å². The van der Waals surface area contributed by atoms with Crippen molar-refractivity contribution in [1.82, 2.24) is 0 Å². The zero-order valence-electron chi connectivity index (χ0n) is 9.40.